The Kier molecular flexibility index (Phi) is 7.45. The summed E-state index contributed by atoms with van der Waals surface area (Å²) in [5, 5.41) is 10.6. The van der Waals surface area contributed by atoms with E-state index in [-0.39, 0.29) is 24.1 Å². The first kappa shape index (κ1) is 23.7. The number of hydrogen-bond acceptors (Lipinski definition) is 6. The second kappa shape index (κ2) is 10.7. The van der Waals surface area contributed by atoms with E-state index in [9.17, 15) is 14.3 Å². The number of likely N-dealkylation sites (tertiary alicyclic amines) is 1. The Morgan fingerprint density at radius 1 is 1.24 bits per heavy atom. The molecule has 0 spiro atoms. The van der Waals surface area contributed by atoms with Crippen molar-refractivity contribution in [3.63, 3.8) is 0 Å². The minimum atomic E-state index is -0.290. The molecule has 0 aliphatic carbocycles. The summed E-state index contributed by atoms with van der Waals surface area (Å²) in [6.45, 7) is 9.14. The fourth-order valence-corrected chi connectivity index (χ4v) is 4.90. The minimum absolute atomic E-state index is 0.0990. The molecule has 1 N–H and O–H groups in total. The van der Waals surface area contributed by atoms with E-state index >= 15 is 0 Å². The summed E-state index contributed by atoms with van der Waals surface area (Å²) in [4.78, 5) is 15.6. The second-order valence-electron chi connectivity index (χ2n) is 8.12. The molecule has 1 saturated heterocycles. The predicted molar refractivity (Wildman–Crippen MR) is 134 cm³/mol. The lowest BCUT2D eigenvalue weighted by atomic mass is 10.1. The monoisotopic (exact) mass is 479 g/mol. The number of carbonyl (C=O) groups excluding carboxylic acids is 1. The molecular weight excluding hydrogens is 453 g/mol. The number of phenolic OH excluding ortho intramolecular Hbond substituents is 1. The van der Waals surface area contributed by atoms with Crippen LogP contribution in [0.3, 0.4) is 0 Å². The number of benzene rings is 2. The Bertz CT molecular complexity index is 1230. The largest absolute Gasteiger partial charge is 0.508 e. The third kappa shape index (κ3) is 5.38. The SMILES string of the molecule is C=C/C=C\C(=C)C(=O)c1sc2cc(O)ccc2c1Oc1ccc(OCN2CCC(CF)C2)cc1. The smallest absolute Gasteiger partial charge is 0.206 e. The van der Waals surface area contributed by atoms with Gasteiger partial charge in [-0.2, -0.15) is 0 Å². The summed E-state index contributed by atoms with van der Waals surface area (Å²) in [6, 6.07) is 12.0. The van der Waals surface area contributed by atoms with Crippen LogP contribution in [0, 0.1) is 5.92 Å². The molecule has 1 aromatic heterocycles. The number of alkyl halides is 1. The predicted octanol–water partition coefficient (Wildman–Crippen LogP) is 6.51. The summed E-state index contributed by atoms with van der Waals surface area (Å²) in [5.74, 6) is 1.59. The van der Waals surface area contributed by atoms with Crippen molar-refractivity contribution >= 4 is 27.2 Å². The lowest BCUT2D eigenvalue weighted by Gasteiger charge is -2.16. The molecule has 7 heteroatoms. The Labute approximate surface area is 202 Å². The summed E-state index contributed by atoms with van der Waals surface area (Å²) < 4.78 is 25.5. The number of aromatic hydroxyl groups is 1. The molecule has 176 valence electrons. The zero-order valence-corrected chi connectivity index (χ0v) is 19.5. The lowest BCUT2D eigenvalue weighted by molar-refractivity contribution is 0.104. The summed E-state index contributed by atoms with van der Waals surface area (Å²) in [7, 11) is 0. The molecule has 4 rings (SSSR count). The number of fused-ring (bicyclic) bond motifs is 1. The minimum Gasteiger partial charge on any atom is -0.508 e. The normalized spacial score (nSPS) is 16.2. The van der Waals surface area contributed by atoms with Crippen molar-refractivity contribution < 1.29 is 23.8 Å². The average Bonchev–Trinajstić information content (AvgIpc) is 3.45. The zero-order chi connectivity index (χ0) is 24.1. The molecule has 1 aliphatic heterocycles. The van der Waals surface area contributed by atoms with E-state index < -0.39 is 0 Å². The van der Waals surface area contributed by atoms with Gasteiger partial charge < -0.3 is 14.6 Å². The zero-order valence-electron chi connectivity index (χ0n) is 18.7. The van der Waals surface area contributed by atoms with Gasteiger partial charge >= 0.3 is 0 Å². The van der Waals surface area contributed by atoms with E-state index in [1.54, 1.807) is 60.7 Å². The average molecular weight is 480 g/mol. The molecule has 2 heterocycles. The van der Waals surface area contributed by atoms with Crippen LogP contribution in [0.25, 0.3) is 10.1 Å². The van der Waals surface area contributed by atoms with E-state index in [1.807, 2.05) is 0 Å². The molecule has 0 bridgehead atoms. The number of ether oxygens (including phenoxy) is 2. The first-order chi connectivity index (χ1) is 16.5. The van der Waals surface area contributed by atoms with E-state index in [1.165, 1.54) is 11.3 Å². The van der Waals surface area contributed by atoms with Crippen molar-refractivity contribution in [2.75, 3.05) is 26.5 Å². The number of allylic oxidation sites excluding steroid dienone is 4. The van der Waals surface area contributed by atoms with Crippen molar-refractivity contribution in [1.82, 2.24) is 4.90 Å². The fraction of sp³-hybridized carbons (Fsp3) is 0.222. The maximum absolute atomic E-state index is 13.1. The van der Waals surface area contributed by atoms with Gasteiger partial charge in [0.2, 0.25) is 5.78 Å². The quantitative estimate of drug-likeness (QED) is 0.204. The third-order valence-corrected chi connectivity index (χ3v) is 6.74. The van der Waals surface area contributed by atoms with Crippen LogP contribution in [-0.4, -0.2) is 42.3 Å². The molecule has 2 aromatic carbocycles. The van der Waals surface area contributed by atoms with Gasteiger partial charge in [-0.3, -0.25) is 14.1 Å². The first-order valence-electron chi connectivity index (χ1n) is 11.0. The Hall–Kier alpha value is -3.42. The summed E-state index contributed by atoms with van der Waals surface area (Å²) in [6.07, 6.45) is 5.68. The van der Waals surface area contributed by atoms with Gasteiger partial charge in [0.25, 0.3) is 0 Å². The number of thiophene rings is 1. The van der Waals surface area contributed by atoms with E-state index in [0.717, 1.165) is 23.1 Å². The van der Waals surface area contributed by atoms with Gasteiger partial charge in [0.15, 0.2) is 5.75 Å². The molecule has 5 nitrogen and oxygen atoms in total. The van der Waals surface area contributed by atoms with Gasteiger partial charge in [-0.05, 0) is 48.9 Å². The number of ketones is 1. The molecule has 1 atom stereocenters. The van der Waals surface area contributed by atoms with Gasteiger partial charge in [-0.25, -0.2) is 0 Å². The van der Waals surface area contributed by atoms with Crippen LogP contribution in [0.1, 0.15) is 16.1 Å². The van der Waals surface area contributed by atoms with Crippen molar-refractivity contribution in [3.05, 3.63) is 84.3 Å². The van der Waals surface area contributed by atoms with Crippen LogP contribution in [0.5, 0.6) is 23.0 Å². The molecule has 1 fully saturated rings. The third-order valence-electron chi connectivity index (χ3n) is 5.61. The summed E-state index contributed by atoms with van der Waals surface area (Å²) in [5.41, 5.74) is 0.307. The standard InChI is InChI=1S/C27H26FNO4S/c1-3-4-5-18(2)25(31)27-26(23-11-6-20(30)14-24(23)34-27)33-22-9-7-21(8-10-22)32-17-29-13-12-19(15-28)16-29/h3-11,14,19,30H,1-2,12-13,15-17H2/b5-4-. The van der Waals surface area contributed by atoms with Crippen molar-refractivity contribution in [1.29, 1.82) is 0 Å². The maximum atomic E-state index is 13.1. The van der Waals surface area contributed by atoms with Crippen LogP contribution in [0.4, 0.5) is 4.39 Å². The Morgan fingerprint density at radius 3 is 2.71 bits per heavy atom. The highest BCUT2D eigenvalue weighted by molar-refractivity contribution is 7.21. The number of Topliss-reactive ketones (excluding diaryl/α,β-unsaturated/α-hetero) is 1. The van der Waals surface area contributed by atoms with Crippen molar-refractivity contribution in [2.24, 2.45) is 5.92 Å². The van der Waals surface area contributed by atoms with Gasteiger partial charge in [-0.1, -0.05) is 31.4 Å². The van der Waals surface area contributed by atoms with Crippen LogP contribution in [0.15, 0.2) is 79.4 Å². The topological polar surface area (TPSA) is 59.0 Å². The van der Waals surface area contributed by atoms with Gasteiger partial charge in [0.1, 0.15) is 28.9 Å². The first-order valence-corrected chi connectivity index (χ1v) is 11.8. The highest BCUT2D eigenvalue weighted by Gasteiger charge is 2.23. The fourth-order valence-electron chi connectivity index (χ4n) is 3.76. The molecule has 34 heavy (non-hydrogen) atoms. The van der Waals surface area contributed by atoms with Crippen LogP contribution in [-0.2, 0) is 0 Å². The van der Waals surface area contributed by atoms with E-state index in [2.05, 4.69) is 18.1 Å². The Morgan fingerprint density at radius 2 is 2.00 bits per heavy atom. The summed E-state index contributed by atoms with van der Waals surface area (Å²) >= 11 is 1.24. The molecule has 0 radical (unpaired) electrons. The molecular formula is C27H26FNO4S. The maximum Gasteiger partial charge on any atom is 0.206 e. The van der Waals surface area contributed by atoms with Crippen molar-refractivity contribution in [3.8, 4) is 23.0 Å². The van der Waals surface area contributed by atoms with Crippen LogP contribution < -0.4 is 9.47 Å². The van der Waals surface area contributed by atoms with Gasteiger partial charge in [0.05, 0.1) is 6.67 Å². The number of hydrogen-bond donors (Lipinski definition) is 1. The highest BCUT2D eigenvalue weighted by atomic mass is 32.1. The molecule has 3 aromatic rings. The molecule has 0 saturated carbocycles. The number of nitrogens with zero attached hydrogens (tertiary/aromatic N) is 1. The molecule has 0 amide bonds. The number of halogens is 1. The molecule has 1 aliphatic rings. The van der Waals surface area contributed by atoms with Crippen molar-refractivity contribution in [2.45, 2.75) is 6.42 Å². The van der Waals surface area contributed by atoms with Crippen LogP contribution in [0.2, 0.25) is 0 Å². The number of carbonyl (C=O) groups is 1. The van der Waals surface area contributed by atoms with Gasteiger partial charge in [-0.15, -0.1) is 11.3 Å². The second-order valence-corrected chi connectivity index (χ2v) is 9.18. The van der Waals surface area contributed by atoms with E-state index in [0.29, 0.717) is 41.0 Å². The van der Waals surface area contributed by atoms with Gasteiger partial charge in [0, 0.05) is 34.7 Å². The lowest BCUT2D eigenvalue weighted by Crippen LogP contribution is -2.26. The number of phenols is 1. The molecule has 1 unspecified atom stereocenters. The Balaban J connectivity index is 1.52. The highest BCUT2D eigenvalue weighted by Crippen LogP contribution is 2.42. The van der Waals surface area contributed by atoms with Crippen LogP contribution >= 0.6 is 11.3 Å². The van der Waals surface area contributed by atoms with E-state index in [4.69, 9.17) is 9.47 Å². The number of rotatable bonds is 10.